The zero-order chi connectivity index (χ0) is 37.0. The smallest absolute Gasteiger partial charge is 0.256 e. The van der Waals surface area contributed by atoms with Gasteiger partial charge in [-0.05, 0) is 59.7 Å². The summed E-state index contributed by atoms with van der Waals surface area (Å²) in [6.07, 6.45) is 0. The van der Waals surface area contributed by atoms with E-state index in [2.05, 4.69) is 10.6 Å². The summed E-state index contributed by atoms with van der Waals surface area (Å²) >= 11 is 0. The number of nitrogens with zero attached hydrogens (tertiary/aromatic N) is 2. The van der Waals surface area contributed by atoms with Crippen molar-refractivity contribution < 1.29 is 19.1 Å². The molecule has 8 heteroatoms. The average Bonchev–Trinajstić information content (AvgIpc) is 3.23. The molecule has 2 heterocycles. The van der Waals surface area contributed by atoms with E-state index in [4.69, 9.17) is 19.4 Å². The van der Waals surface area contributed by atoms with E-state index in [1.807, 2.05) is 158 Å². The van der Waals surface area contributed by atoms with Crippen molar-refractivity contribution in [1.82, 2.24) is 9.97 Å². The molecule has 8 aromatic rings. The number of aromatic nitrogens is 2. The van der Waals surface area contributed by atoms with Crippen LogP contribution in [0.3, 0.4) is 0 Å². The number of hydrogen-bond acceptors (Lipinski definition) is 6. The number of ether oxygens (including phenoxy) is 2. The van der Waals surface area contributed by atoms with E-state index in [0.29, 0.717) is 45.4 Å². The van der Waals surface area contributed by atoms with Crippen molar-refractivity contribution in [2.24, 2.45) is 0 Å². The number of fused-ring (bicyclic) bond motifs is 2. The summed E-state index contributed by atoms with van der Waals surface area (Å²) in [6, 6.07) is 49.6. The Hall–Kier alpha value is -7.32. The third-order valence-corrected chi connectivity index (χ3v) is 9.29. The summed E-state index contributed by atoms with van der Waals surface area (Å²) in [7, 11) is 3.13. The maximum absolute atomic E-state index is 13.9. The van der Waals surface area contributed by atoms with Crippen LogP contribution in [0.2, 0.25) is 0 Å². The van der Waals surface area contributed by atoms with Gasteiger partial charge in [0.2, 0.25) is 0 Å². The van der Waals surface area contributed by atoms with Crippen LogP contribution in [0.15, 0.2) is 158 Å². The molecule has 0 aliphatic heterocycles. The number of amides is 2. The standard InChI is InChI=1S/C46H34N4O4/c1-53-43-25-31(21-23-39(43)49-45(51)35-27-41(29-13-5-3-6-14-29)47-37-19-11-9-17-33(35)37)32-22-24-40(44(26-32)54-2)50-46(52)36-28-42(30-15-7-4-8-16-30)48-38-20-12-10-18-34(36)38/h3-28H,1-2H3,(H,49,51)(H,50,52). The number of benzene rings is 6. The van der Waals surface area contributed by atoms with Crippen molar-refractivity contribution in [3.8, 4) is 45.1 Å². The second-order valence-corrected chi connectivity index (χ2v) is 12.6. The molecule has 0 atom stereocenters. The maximum atomic E-state index is 13.9. The number of rotatable bonds is 9. The minimum atomic E-state index is -0.281. The molecule has 8 rings (SSSR count). The summed E-state index contributed by atoms with van der Waals surface area (Å²) in [5.74, 6) is 0.406. The topological polar surface area (TPSA) is 102 Å². The molecule has 8 nitrogen and oxygen atoms in total. The molecule has 0 saturated carbocycles. The van der Waals surface area contributed by atoms with Gasteiger partial charge in [0.15, 0.2) is 0 Å². The van der Waals surface area contributed by atoms with Crippen LogP contribution in [0.1, 0.15) is 20.7 Å². The predicted octanol–water partition coefficient (Wildman–Crippen LogP) is 10.3. The molecule has 0 aliphatic rings. The number of nitrogens with one attached hydrogen (secondary N) is 2. The first kappa shape index (κ1) is 33.8. The Morgan fingerprint density at radius 1 is 0.444 bits per heavy atom. The molecule has 0 fully saturated rings. The molecule has 0 spiro atoms. The lowest BCUT2D eigenvalue weighted by atomic mass is 10.0. The van der Waals surface area contributed by atoms with Crippen molar-refractivity contribution in [3.63, 3.8) is 0 Å². The van der Waals surface area contributed by atoms with Crippen molar-refractivity contribution in [3.05, 3.63) is 169 Å². The fourth-order valence-electron chi connectivity index (χ4n) is 6.57. The lowest BCUT2D eigenvalue weighted by molar-refractivity contribution is 0.102. The third kappa shape index (κ3) is 6.71. The van der Waals surface area contributed by atoms with Crippen LogP contribution >= 0.6 is 0 Å². The highest BCUT2D eigenvalue weighted by Gasteiger charge is 2.19. The Morgan fingerprint density at radius 2 is 0.833 bits per heavy atom. The van der Waals surface area contributed by atoms with Gasteiger partial charge in [0.1, 0.15) is 11.5 Å². The number of pyridine rings is 2. The Balaban J connectivity index is 1.06. The van der Waals surface area contributed by atoms with Gasteiger partial charge in [-0.1, -0.05) is 109 Å². The van der Waals surface area contributed by atoms with Crippen LogP contribution < -0.4 is 20.1 Å². The molecule has 0 aliphatic carbocycles. The highest BCUT2D eigenvalue weighted by molar-refractivity contribution is 6.14. The van der Waals surface area contributed by atoms with Gasteiger partial charge >= 0.3 is 0 Å². The number of anilines is 2. The molecule has 262 valence electrons. The lowest BCUT2D eigenvalue weighted by Gasteiger charge is -2.16. The molecular weight excluding hydrogens is 673 g/mol. The van der Waals surface area contributed by atoms with Gasteiger partial charge in [0.05, 0.1) is 59.1 Å². The molecule has 0 saturated heterocycles. The highest BCUT2D eigenvalue weighted by atomic mass is 16.5. The molecule has 0 unspecified atom stereocenters. The highest BCUT2D eigenvalue weighted by Crippen LogP contribution is 2.36. The number of hydrogen-bond donors (Lipinski definition) is 2. The summed E-state index contributed by atoms with van der Waals surface area (Å²) in [5.41, 5.74) is 8.41. The largest absolute Gasteiger partial charge is 0.495 e. The predicted molar refractivity (Wildman–Crippen MR) is 215 cm³/mol. The molecule has 2 aromatic heterocycles. The van der Waals surface area contributed by atoms with E-state index < -0.39 is 0 Å². The van der Waals surface area contributed by atoms with E-state index in [0.717, 1.165) is 44.1 Å². The van der Waals surface area contributed by atoms with Gasteiger partial charge in [-0.25, -0.2) is 9.97 Å². The third-order valence-electron chi connectivity index (χ3n) is 9.29. The minimum absolute atomic E-state index is 0.281. The van der Waals surface area contributed by atoms with E-state index in [9.17, 15) is 9.59 Å². The van der Waals surface area contributed by atoms with Gasteiger partial charge in [-0.3, -0.25) is 9.59 Å². The Bertz CT molecular complexity index is 2490. The molecule has 2 N–H and O–H groups in total. The van der Waals surface area contributed by atoms with Gasteiger partial charge in [0.25, 0.3) is 11.8 Å². The summed E-state index contributed by atoms with van der Waals surface area (Å²) in [4.78, 5) is 37.3. The van der Waals surface area contributed by atoms with Crippen molar-refractivity contribution >= 4 is 45.0 Å². The number of para-hydroxylation sites is 2. The van der Waals surface area contributed by atoms with Gasteiger partial charge in [-0.15, -0.1) is 0 Å². The van der Waals surface area contributed by atoms with Gasteiger partial charge in [-0.2, -0.15) is 0 Å². The fourth-order valence-corrected chi connectivity index (χ4v) is 6.57. The summed E-state index contributed by atoms with van der Waals surface area (Å²) in [5, 5.41) is 7.61. The van der Waals surface area contributed by atoms with Crippen molar-refractivity contribution in [2.75, 3.05) is 24.9 Å². The minimum Gasteiger partial charge on any atom is -0.495 e. The second kappa shape index (κ2) is 14.7. The summed E-state index contributed by atoms with van der Waals surface area (Å²) in [6.45, 7) is 0. The van der Waals surface area contributed by atoms with E-state index in [1.165, 1.54) is 0 Å². The molecule has 2 amide bonds. The van der Waals surface area contributed by atoms with Crippen LogP contribution in [0.25, 0.3) is 55.4 Å². The molecule has 0 bridgehead atoms. The molecular formula is C46H34N4O4. The van der Waals surface area contributed by atoms with Gasteiger partial charge < -0.3 is 20.1 Å². The van der Waals surface area contributed by atoms with E-state index >= 15 is 0 Å². The van der Waals surface area contributed by atoms with Crippen LogP contribution in [-0.4, -0.2) is 36.0 Å². The lowest BCUT2D eigenvalue weighted by Crippen LogP contribution is -2.14. The molecule has 6 aromatic carbocycles. The molecule has 0 radical (unpaired) electrons. The normalized spacial score (nSPS) is 10.9. The van der Waals surface area contributed by atoms with Crippen molar-refractivity contribution in [1.29, 1.82) is 0 Å². The summed E-state index contributed by atoms with van der Waals surface area (Å²) < 4.78 is 11.5. The van der Waals surface area contributed by atoms with E-state index in [1.54, 1.807) is 14.2 Å². The Kier molecular flexibility index (Phi) is 9.22. The first-order valence-corrected chi connectivity index (χ1v) is 17.4. The fraction of sp³-hybridized carbons (Fsp3) is 0.0435. The van der Waals surface area contributed by atoms with E-state index in [-0.39, 0.29) is 11.8 Å². The monoisotopic (exact) mass is 706 g/mol. The number of carbonyl (C=O) groups excluding carboxylic acids is 2. The average molecular weight is 707 g/mol. The Morgan fingerprint density at radius 3 is 1.24 bits per heavy atom. The molecule has 54 heavy (non-hydrogen) atoms. The van der Waals surface area contributed by atoms with Gasteiger partial charge in [0, 0.05) is 21.9 Å². The first-order valence-electron chi connectivity index (χ1n) is 17.4. The first-order chi connectivity index (χ1) is 26.5. The van der Waals surface area contributed by atoms with Crippen LogP contribution in [0.4, 0.5) is 11.4 Å². The number of methoxy groups -OCH3 is 2. The van der Waals surface area contributed by atoms with Crippen LogP contribution in [0.5, 0.6) is 11.5 Å². The quantitative estimate of drug-likeness (QED) is 0.155. The zero-order valence-corrected chi connectivity index (χ0v) is 29.5. The maximum Gasteiger partial charge on any atom is 0.256 e. The van der Waals surface area contributed by atoms with Crippen LogP contribution in [-0.2, 0) is 0 Å². The van der Waals surface area contributed by atoms with Crippen LogP contribution in [0, 0.1) is 0 Å². The number of carbonyl (C=O) groups is 2. The zero-order valence-electron chi connectivity index (χ0n) is 29.5. The Labute approximate surface area is 312 Å². The van der Waals surface area contributed by atoms with Crippen molar-refractivity contribution in [2.45, 2.75) is 0 Å². The SMILES string of the molecule is COc1cc(-c2ccc(NC(=O)c3cc(-c4ccccc4)nc4ccccc34)c(OC)c2)ccc1NC(=O)c1cc(-c2ccccc2)nc2ccccc12. The second-order valence-electron chi connectivity index (χ2n) is 12.6.